The lowest BCUT2D eigenvalue weighted by atomic mass is 10.1. The molecule has 20 heavy (non-hydrogen) atoms. The summed E-state index contributed by atoms with van der Waals surface area (Å²) in [7, 11) is 0. The lowest BCUT2D eigenvalue weighted by Gasteiger charge is -2.06. The van der Waals surface area contributed by atoms with Gasteiger partial charge in [-0.15, -0.1) is 0 Å². The zero-order chi connectivity index (χ0) is 14.3. The van der Waals surface area contributed by atoms with Crippen molar-refractivity contribution in [3.63, 3.8) is 0 Å². The highest BCUT2D eigenvalue weighted by Gasteiger charge is 2.08. The first-order valence-electron chi connectivity index (χ1n) is 6.45. The molecule has 0 fully saturated rings. The molecule has 3 heteroatoms. The molecule has 0 aliphatic heterocycles. The molecule has 100 valence electrons. The molecule has 0 saturated carbocycles. The number of benzene rings is 2. The summed E-state index contributed by atoms with van der Waals surface area (Å²) in [6.07, 6.45) is 0. The summed E-state index contributed by atoms with van der Waals surface area (Å²) in [5.41, 5.74) is 9.98. The molecular formula is C17H15NO2. The van der Waals surface area contributed by atoms with Gasteiger partial charge in [-0.25, -0.2) is 0 Å². The van der Waals surface area contributed by atoms with E-state index in [9.17, 15) is 4.79 Å². The Morgan fingerprint density at radius 1 is 1.00 bits per heavy atom. The Morgan fingerprint density at radius 3 is 2.50 bits per heavy atom. The normalized spacial score (nSPS) is 10.9. The van der Waals surface area contributed by atoms with Crippen molar-refractivity contribution in [2.45, 2.75) is 13.8 Å². The summed E-state index contributed by atoms with van der Waals surface area (Å²) >= 11 is 0. The zero-order valence-corrected chi connectivity index (χ0v) is 11.4. The van der Waals surface area contributed by atoms with Gasteiger partial charge in [0.15, 0.2) is 5.43 Å². The van der Waals surface area contributed by atoms with E-state index in [4.69, 9.17) is 10.2 Å². The van der Waals surface area contributed by atoms with Crippen LogP contribution < -0.4 is 11.2 Å². The minimum absolute atomic E-state index is 0.0354. The van der Waals surface area contributed by atoms with Gasteiger partial charge in [-0.3, -0.25) is 4.79 Å². The maximum absolute atomic E-state index is 12.2. The largest absolute Gasteiger partial charge is 0.456 e. The quantitative estimate of drug-likeness (QED) is 0.683. The van der Waals surface area contributed by atoms with Crippen molar-refractivity contribution >= 4 is 16.7 Å². The number of aryl methyl sites for hydroxylation is 2. The van der Waals surface area contributed by atoms with Crippen LogP contribution in [0.25, 0.3) is 22.3 Å². The standard InChI is InChI=1S/C17H15NO2/c1-10-6-14-15(19)9-16(20-17(14)7-11(10)2)12-4-3-5-13(18)8-12/h3-9H,18H2,1-2H3. The topological polar surface area (TPSA) is 56.2 Å². The summed E-state index contributed by atoms with van der Waals surface area (Å²) in [6.45, 7) is 3.99. The first-order valence-corrected chi connectivity index (χ1v) is 6.45. The van der Waals surface area contributed by atoms with Crippen molar-refractivity contribution in [3.8, 4) is 11.3 Å². The van der Waals surface area contributed by atoms with E-state index < -0.39 is 0 Å². The zero-order valence-electron chi connectivity index (χ0n) is 11.4. The number of fused-ring (bicyclic) bond motifs is 1. The maximum Gasteiger partial charge on any atom is 0.193 e. The van der Waals surface area contributed by atoms with E-state index in [1.807, 2.05) is 38.1 Å². The second-order valence-electron chi connectivity index (χ2n) is 5.03. The number of hydrogen-bond donors (Lipinski definition) is 1. The molecule has 3 rings (SSSR count). The molecule has 0 atom stereocenters. The number of anilines is 1. The average Bonchev–Trinajstić information content (AvgIpc) is 2.41. The van der Waals surface area contributed by atoms with Crippen LogP contribution in [0, 0.1) is 13.8 Å². The van der Waals surface area contributed by atoms with E-state index in [1.54, 1.807) is 12.1 Å². The molecule has 0 amide bonds. The number of rotatable bonds is 1. The van der Waals surface area contributed by atoms with Crippen molar-refractivity contribution in [2.24, 2.45) is 0 Å². The molecule has 0 saturated heterocycles. The minimum atomic E-state index is -0.0354. The highest BCUT2D eigenvalue weighted by molar-refractivity contribution is 5.80. The van der Waals surface area contributed by atoms with E-state index >= 15 is 0 Å². The third kappa shape index (κ3) is 2.07. The van der Waals surface area contributed by atoms with Gasteiger partial charge in [0.25, 0.3) is 0 Å². The Hall–Kier alpha value is -2.55. The highest BCUT2D eigenvalue weighted by atomic mass is 16.3. The number of hydrogen-bond acceptors (Lipinski definition) is 3. The Labute approximate surface area is 116 Å². The Bertz CT molecular complexity index is 862. The fourth-order valence-electron chi connectivity index (χ4n) is 2.25. The molecule has 0 bridgehead atoms. The Balaban J connectivity index is 2.29. The summed E-state index contributed by atoms with van der Waals surface area (Å²) in [4.78, 5) is 12.2. The van der Waals surface area contributed by atoms with Crippen LogP contribution in [0.5, 0.6) is 0 Å². The minimum Gasteiger partial charge on any atom is -0.456 e. The molecule has 0 aliphatic rings. The molecule has 1 aromatic heterocycles. The lowest BCUT2D eigenvalue weighted by molar-refractivity contribution is 0.618. The Morgan fingerprint density at radius 2 is 1.75 bits per heavy atom. The first-order chi connectivity index (χ1) is 9.54. The van der Waals surface area contributed by atoms with Crippen LogP contribution in [-0.4, -0.2) is 0 Å². The van der Waals surface area contributed by atoms with Crippen molar-refractivity contribution in [3.05, 3.63) is 63.8 Å². The van der Waals surface area contributed by atoms with Gasteiger partial charge in [-0.2, -0.15) is 0 Å². The van der Waals surface area contributed by atoms with Crippen molar-refractivity contribution in [1.29, 1.82) is 0 Å². The summed E-state index contributed by atoms with van der Waals surface area (Å²) < 4.78 is 5.86. The van der Waals surface area contributed by atoms with Gasteiger partial charge < -0.3 is 10.2 Å². The second-order valence-corrected chi connectivity index (χ2v) is 5.03. The molecule has 3 nitrogen and oxygen atoms in total. The van der Waals surface area contributed by atoms with Gasteiger partial charge in [-0.1, -0.05) is 12.1 Å². The fourth-order valence-corrected chi connectivity index (χ4v) is 2.25. The highest BCUT2D eigenvalue weighted by Crippen LogP contribution is 2.25. The molecule has 0 spiro atoms. The van der Waals surface area contributed by atoms with E-state index in [1.165, 1.54) is 6.07 Å². The monoisotopic (exact) mass is 265 g/mol. The molecule has 0 aliphatic carbocycles. The van der Waals surface area contributed by atoms with Crippen LogP contribution in [0.15, 0.2) is 51.7 Å². The van der Waals surface area contributed by atoms with Crippen LogP contribution in [0.1, 0.15) is 11.1 Å². The molecule has 2 aromatic carbocycles. The average molecular weight is 265 g/mol. The molecule has 0 unspecified atom stereocenters. The van der Waals surface area contributed by atoms with Gasteiger partial charge in [0.1, 0.15) is 11.3 Å². The Kier molecular flexibility index (Phi) is 2.83. The SMILES string of the molecule is Cc1cc2oc(-c3cccc(N)c3)cc(=O)c2cc1C. The van der Waals surface area contributed by atoms with Crippen molar-refractivity contribution in [1.82, 2.24) is 0 Å². The van der Waals surface area contributed by atoms with Gasteiger partial charge >= 0.3 is 0 Å². The van der Waals surface area contributed by atoms with Gasteiger partial charge in [0.2, 0.25) is 0 Å². The van der Waals surface area contributed by atoms with Gasteiger partial charge in [0.05, 0.1) is 5.39 Å². The van der Waals surface area contributed by atoms with Gasteiger partial charge in [-0.05, 0) is 49.2 Å². The summed E-state index contributed by atoms with van der Waals surface area (Å²) in [6, 6.07) is 12.6. The van der Waals surface area contributed by atoms with E-state index in [-0.39, 0.29) is 5.43 Å². The summed E-state index contributed by atoms with van der Waals surface area (Å²) in [5.74, 6) is 0.540. The van der Waals surface area contributed by atoms with Crippen molar-refractivity contribution in [2.75, 3.05) is 5.73 Å². The smallest absolute Gasteiger partial charge is 0.193 e. The van der Waals surface area contributed by atoms with Crippen LogP contribution in [0.2, 0.25) is 0 Å². The number of nitrogen functional groups attached to an aromatic ring is 1. The van der Waals surface area contributed by atoms with E-state index in [0.29, 0.717) is 22.4 Å². The summed E-state index contributed by atoms with van der Waals surface area (Å²) in [5, 5.41) is 0.612. The predicted octanol–water partition coefficient (Wildman–Crippen LogP) is 3.66. The predicted molar refractivity (Wildman–Crippen MR) is 81.8 cm³/mol. The van der Waals surface area contributed by atoms with Crippen LogP contribution in [-0.2, 0) is 0 Å². The van der Waals surface area contributed by atoms with Crippen LogP contribution in [0.4, 0.5) is 5.69 Å². The number of nitrogens with two attached hydrogens (primary N) is 1. The molecule has 3 aromatic rings. The lowest BCUT2D eigenvalue weighted by Crippen LogP contribution is -2.01. The molecule has 1 heterocycles. The third-order valence-electron chi connectivity index (χ3n) is 3.51. The van der Waals surface area contributed by atoms with E-state index in [0.717, 1.165) is 16.7 Å². The van der Waals surface area contributed by atoms with E-state index in [2.05, 4.69) is 0 Å². The third-order valence-corrected chi connectivity index (χ3v) is 3.51. The van der Waals surface area contributed by atoms with Crippen LogP contribution in [0.3, 0.4) is 0 Å². The van der Waals surface area contributed by atoms with Crippen molar-refractivity contribution < 1.29 is 4.42 Å². The second kappa shape index (κ2) is 4.53. The first kappa shape index (κ1) is 12.5. The van der Waals surface area contributed by atoms with Crippen LogP contribution >= 0.6 is 0 Å². The molecular weight excluding hydrogens is 250 g/mol. The fraction of sp³-hybridized carbons (Fsp3) is 0.118. The maximum atomic E-state index is 12.2. The molecule has 2 N–H and O–H groups in total. The molecule has 0 radical (unpaired) electrons. The van der Waals surface area contributed by atoms with Gasteiger partial charge in [0, 0.05) is 17.3 Å².